The van der Waals surface area contributed by atoms with Crippen molar-refractivity contribution in [2.45, 2.75) is 32.6 Å². The predicted molar refractivity (Wildman–Crippen MR) is 82.2 cm³/mol. The topological polar surface area (TPSA) is 38.3 Å². The number of carbonyl (C=O) groups is 1. The van der Waals surface area contributed by atoms with Gasteiger partial charge >= 0.3 is 0 Å². The fourth-order valence-corrected chi connectivity index (χ4v) is 2.20. The highest BCUT2D eigenvalue weighted by Crippen LogP contribution is 2.17. The summed E-state index contributed by atoms with van der Waals surface area (Å²) in [7, 11) is 0. The molecule has 0 unspecified atom stereocenters. The molecular formula is C15H22BrNO2. The van der Waals surface area contributed by atoms with Gasteiger partial charge in [0.1, 0.15) is 5.75 Å². The van der Waals surface area contributed by atoms with Gasteiger partial charge in [0, 0.05) is 11.9 Å². The van der Waals surface area contributed by atoms with Gasteiger partial charge in [-0.1, -0.05) is 40.9 Å². The zero-order valence-corrected chi connectivity index (χ0v) is 13.0. The maximum atomic E-state index is 12.0. The van der Waals surface area contributed by atoms with Crippen molar-refractivity contribution in [3.8, 4) is 5.75 Å². The van der Waals surface area contributed by atoms with Crippen LogP contribution in [0.4, 0.5) is 0 Å². The van der Waals surface area contributed by atoms with Crippen molar-refractivity contribution < 1.29 is 9.53 Å². The average molecular weight is 328 g/mol. The molecule has 1 aromatic carbocycles. The van der Waals surface area contributed by atoms with E-state index < -0.39 is 0 Å². The van der Waals surface area contributed by atoms with E-state index in [1.54, 1.807) is 6.07 Å². The van der Waals surface area contributed by atoms with Crippen LogP contribution in [0, 0.1) is 0 Å². The number of halogens is 1. The Bertz CT molecular complexity index is 382. The van der Waals surface area contributed by atoms with E-state index in [1.165, 1.54) is 12.8 Å². The Kier molecular flexibility index (Phi) is 8.30. The van der Waals surface area contributed by atoms with Gasteiger partial charge in [-0.25, -0.2) is 0 Å². The number of alkyl halides is 1. The number of carbonyl (C=O) groups excluding carboxylic acids is 1. The lowest BCUT2D eigenvalue weighted by Crippen LogP contribution is -2.25. The first-order chi connectivity index (χ1) is 9.29. The summed E-state index contributed by atoms with van der Waals surface area (Å²) in [4.78, 5) is 12.0. The lowest BCUT2D eigenvalue weighted by Gasteiger charge is -2.10. The van der Waals surface area contributed by atoms with Crippen LogP contribution in [0.25, 0.3) is 0 Å². The monoisotopic (exact) mass is 327 g/mol. The molecule has 1 aromatic rings. The second-order valence-corrected chi connectivity index (χ2v) is 5.08. The summed E-state index contributed by atoms with van der Waals surface area (Å²) < 4.78 is 5.45. The Morgan fingerprint density at radius 2 is 1.95 bits per heavy atom. The van der Waals surface area contributed by atoms with Gasteiger partial charge in [0.25, 0.3) is 5.91 Å². The number of para-hydroxylation sites is 1. The third kappa shape index (κ3) is 6.10. The van der Waals surface area contributed by atoms with Crippen LogP contribution in [-0.4, -0.2) is 24.4 Å². The summed E-state index contributed by atoms with van der Waals surface area (Å²) >= 11 is 3.41. The molecule has 0 aliphatic rings. The number of ether oxygens (including phenoxy) is 1. The Labute approximate surface area is 123 Å². The molecule has 1 N–H and O–H groups in total. The zero-order chi connectivity index (χ0) is 13.9. The third-order valence-corrected chi connectivity index (χ3v) is 3.34. The van der Waals surface area contributed by atoms with Crippen LogP contribution in [0.15, 0.2) is 24.3 Å². The standard InChI is InChI=1S/C15H22BrNO2/c1-2-19-14-10-6-5-9-13(14)15(18)17-12-8-4-3-7-11-16/h5-6,9-10H,2-4,7-8,11-12H2,1H3,(H,17,18). The molecule has 1 rings (SSSR count). The highest BCUT2D eigenvalue weighted by atomic mass is 79.9. The number of nitrogens with one attached hydrogen (secondary N) is 1. The number of benzene rings is 1. The van der Waals surface area contributed by atoms with Crippen molar-refractivity contribution in [2.24, 2.45) is 0 Å². The lowest BCUT2D eigenvalue weighted by atomic mass is 10.1. The molecule has 0 saturated heterocycles. The lowest BCUT2D eigenvalue weighted by molar-refractivity contribution is 0.0949. The largest absolute Gasteiger partial charge is 0.493 e. The normalized spacial score (nSPS) is 10.2. The zero-order valence-electron chi connectivity index (χ0n) is 11.5. The van der Waals surface area contributed by atoms with E-state index in [1.807, 2.05) is 25.1 Å². The molecule has 0 bridgehead atoms. The molecule has 0 saturated carbocycles. The summed E-state index contributed by atoms with van der Waals surface area (Å²) in [6, 6.07) is 7.36. The van der Waals surface area contributed by atoms with Gasteiger partial charge < -0.3 is 10.1 Å². The van der Waals surface area contributed by atoms with E-state index in [-0.39, 0.29) is 5.91 Å². The van der Waals surface area contributed by atoms with Gasteiger partial charge in [0.15, 0.2) is 0 Å². The molecule has 0 fully saturated rings. The Morgan fingerprint density at radius 1 is 1.21 bits per heavy atom. The van der Waals surface area contributed by atoms with Gasteiger partial charge in [-0.15, -0.1) is 0 Å². The maximum Gasteiger partial charge on any atom is 0.255 e. The van der Waals surface area contributed by atoms with E-state index in [2.05, 4.69) is 21.2 Å². The van der Waals surface area contributed by atoms with Crippen molar-refractivity contribution in [1.29, 1.82) is 0 Å². The van der Waals surface area contributed by atoms with Crippen LogP contribution in [0.1, 0.15) is 43.0 Å². The van der Waals surface area contributed by atoms with Crippen LogP contribution in [0.5, 0.6) is 5.75 Å². The number of hydrogen-bond acceptors (Lipinski definition) is 2. The molecule has 0 heterocycles. The quantitative estimate of drug-likeness (QED) is 0.553. The molecule has 0 aromatic heterocycles. The molecular weight excluding hydrogens is 306 g/mol. The maximum absolute atomic E-state index is 12.0. The van der Waals surface area contributed by atoms with Crippen LogP contribution in [-0.2, 0) is 0 Å². The smallest absolute Gasteiger partial charge is 0.255 e. The molecule has 0 radical (unpaired) electrons. The average Bonchev–Trinajstić information content (AvgIpc) is 2.43. The number of amides is 1. The molecule has 1 amide bonds. The SMILES string of the molecule is CCOc1ccccc1C(=O)NCCCCCCBr. The van der Waals surface area contributed by atoms with Gasteiger partial charge in [-0.2, -0.15) is 0 Å². The van der Waals surface area contributed by atoms with E-state index in [9.17, 15) is 4.79 Å². The van der Waals surface area contributed by atoms with Crippen LogP contribution < -0.4 is 10.1 Å². The Hall–Kier alpha value is -1.03. The molecule has 0 spiro atoms. The van der Waals surface area contributed by atoms with Crippen molar-refractivity contribution in [3.05, 3.63) is 29.8 Å². The van der Waals surface area contributed by atoms with Gasteiger partial charge in [-0.3, -0.25) is 4.79 Å². The molecule has 0 aliphatic heterocycles. The van der Waals surface area contributed by atoms with Gasteiger partial charge in [-0.05, 0) is 31.9 Å². The third-order valence-electron chi connectivity index (χ3n) is 2.78. The van der Waals surface area contributed by atoms with Gasteiger partial charge in [0.2, 0.25) is 0 Å². The fraction of sp³-hybridized carbons (Fsp3) is 0.533. The van der Waals surface area contributed by atoms with E-state index >= 15 is 0 Å². The number of unbranched alkanes of at least 4 members (excludes halogenated alkanes) is 3. The first kappa shape index (κ1) is 16.0. The molecule has 3 nitrogen and oxygen atoms in total. The van der Waals surface area contributed by atoms with E-state index in [4.69, 9.17) is 4.74 Å². The van der Waals surface area contributed by atoms with E-state index in [0.29, 0.717) is 17.9 Å². The molecule has 19 heavy (non-hydrogen) atoms. The summed E-state index contributed by atoms with van der Waals surface area (Å²) in [5.74, 6) is 0.603. The van der Waals surface area contributed by atoms with E-state index in [0.717, 1.165) is 24.7 Å². The van der Waals surface area contributed by atoms with Gasteiger partial charge in [0.05, 0.1) is 12.2 Å². The van der Waals surface area contributed by atoms with Crippen molar-refractivity contribution in [3.63, 3.8) is 0 Å². The van der Waals surface area contributed by atoms with Crippen molar-refractivity contribution in [2.75, 3.05) is 18.5 Å². The minimum absolute atomic E-state index is 0.0514. The fourth-order valence-electron chi connectivity index (χ4n) is 1.81. The molecule has 4 heteroatoms. The van der Waals surface area contributed by atoms with Crippen LogP contribution in [0.3, 0.4) is 0 Å². The molecule has 0 aliphatic carbocycles. The van der Waals surface area contributed by atoms with Crippen LogP contribution in [0.2, 0.25) is 0 Å². The second kappa shape index (κ2) is 9.84. The predicted octanol–water partition coefficient (Wildman–Crippen LogP) is 3.77. The minimum atomic E-state index is -0.0514. The summed E-state index contributed by atoms with van der Waals surface area (Å²) in [6.45, 7) is 3.21. The summed E-state index contributed by atoms with van der Waals surface area (Å²) in [5.41, 5.74) is 0.616. The molecule has 0 atom stereocenters. The van der Waals surface area contributed by atoms with Crippen molar-refractivity contribution >= 4 is 21.8 Å². The first-order valence-corrected chi connectivity index (χ1v) is 7.97. The number of hydrogen-bond donors (Lipinski definition) is 1. The first-order valence-electron chi connectivity index (χ1n) is 6.85. The highest BCUT2D eigenvalue weighted by Gasteiger charge is 2.10. The van der Waals surface area contributed by atoms with Crippen LogP contribution >= 0.6 is 15.9 Å². The number of rotatable bonds is 9. The van der Waals surface area contributed by atoms with Crippen molar-refractivity contribution in [1.82, 2.24) is 5.32 Å². The minimum Gasteiger partial charge on any atom is -0.493 e. The Morgan fingerprint density at radius 3 is 2.68 bits per heavy atom. The summed E-state index contributed by atoms with van der Waals surface area (Å²) in [6.07, 6.45) is 4.58. The summed E-state index contributed by atoms with van der Waals surface area (Å²) in [5, 5.41) is 4.00. The molecule has 106 valence electrons. The Balaban J connectivity index is 2.36. The highest BCUT2D eigenvalue weighted by molar-refractivity contribution is 9.09. The second-order valence-electron chi connectivity index (χ2n) is 4.29.